The Balaban J connectivity index is 4.14. The van der Waals surface area contributed by atoms with Gasteiger partial charge in [0.25, 0.3) is 0 Å². The van der Waals surface area contributed by atoms with Crippen molar-refractivity contribution in [3.8, 4) is 0 Å². The maximum absolute atomic E-state index is 11.8. The predicted molar refractivity (Wildman–Crippen MR) is 86.0 cm³/mol. The molecule has 4 unspecified atom stereocenters. The van der Waals surface area contributed by atoms with Crippen molar-refractivity contribution in [1.29, 1.82) is 0 Å². The van der Waals surface area contributed by atoms with Crippen LogP contribution in [0.25, 0.3) is 0 Å². The van der Waals surface area contributed by atoms with Gasteiger partial charge in [-0.25, -0.2) is 0 Å². The van der Waals surface area contributed by atoms with E-state index in [2.05, 4.69) is 10.6 Å². The third kappa shape index (κ3) is 8.41. The molecule has 8 nitrogen and oxygen atoms in total. The van der Waals surface area contributed by atoms with Gasteiger partial charge >= 0.3 is 0 Å². The molecule has 6 N–H and O–H groups in total. The predicted octanol–water partition coefficient (Wildman–Crippen LogP) is -0.939. The maximum Gasteiger partial charge on any atom is 0.224 e. The molecule has 0 aromatic heterocycles. The fourth-order valence-corrected chi connectivity index (χ4v) is 1.73. The van der Waals surface area contributed by atoms with Crippen LogP contribution in [-0.4, -0.2) is 42.1 Å². The van der Waals surface area contributed by atoms with Crippen molar-refractivity contribution in [3.05, 3.63) is 0 Å². The highest BCUT2D eigenvalue weighted by Gasteiger charge is 2.21. The number of amides is 2. The van der Waals surface area contributed by atoms with Gasteiger partial charge in [0.1, 0.15) is 11.6 Å². The first-order valence-corrected chi connectivity index (χ1v) is 7.68. The lowest BCUT2D eigenvalue weighted by Gasteiger charge is -2.15. The van der Waals surface area contributed by atoms with Gasteiger partial charge in [-0.1, -0.05) is 13.8 Å². The first kappa shape index (κ1) is 21.2. The van der Waals surface area contributed by atoms with Crippen molar-refractivity contribution in [2.75, 3.05) is 6.67 Å². The average Bonchev–Trinajstić information content (AvgIpc) is 2.46. The smallest absolute Gasteiger partial charge is 0.224 e. The molecule has 132 valence electrons. The lowest BCUT2D eigenvalue weighted by molar-refractivity contribution is -0.131. The summed E-state index contributed by atoms with van der Waals surface area (Å²) in [5.41, 5.74) is 10.9. The van der Waals surface area contributed by atoms with Crippen LogP contribution in [0.2, 0.25) is 0 Å². The molecule has 0 saturated carbocycles. The molecule has 8 heteroatoms. The van der Waals surface area contributed by atoms with Gasteiger partial charge in [-0.15, -0.1) is 0 Å². The van der Waals surface area contributed by atoms with Gasteiger partial charge < -0.3 is 22.1 Å². The van der Waals surface area contributed by atoms with Gasteiger partial charge in [-0.2, -0.15) is 0 Å². The number of carbonyl (C=O) groups excluding carboxylic acids is 4. The normalized spacial score (nSPS) is 15.9. The Bertz CT molecular complexity index is 409. The summed E-state index contributed by atoms with van der Waals surface area (Å²) < 4.78 is 0. The van der Waals surface area contributed by atoms with Crippen molar-refractivity contribution in [1.82, 2.24) is 10.6 Å². The zero-order valence-corrected chi connectivity index (χ0v) is 14.2. The number of nitrogens with two attached hydrogens (primary N) is 2. The molecule has 0 bridgehead atoms. The van der Waals surface area contributed by atoms with E-state index < -0.39 is 23.9 Å². The summed E-state index contributed by atoms with van der Waals surface area (Å²) in [5, 5.41) is 5.03. The largest absolute Gasteiger partial charge is 0.338 e. The van der Waals surface area contributed by atoms with Crippen molar-refractivity contribution < 1.29 is 19.2 Å². The molecule has 0 aromatic carbocycles. The molecule has 0 aliphatic rings. The summed E-state index contributed by atoms with van der Waals surface area (Å²) in [4.78, 5) is 46.5. The van der Waals surface area contributed by atoms with Crippen LogP contribution in [0.4, 0.5) is 0 Å². The van der Waals surface area contributed by atoms with Crippen molar-refractivity contribution >= 4 is 23.4 Å². The van der Waals surface area contributed by atoms with Crippen LogP contribution >= 0.6 is 0 Å². The van der Waals surface area contributed by atoms with Gasteiger partial charge in [0.2, 0.25) is 11.8 Å². The molecule has 0 radical (unpaired) electrons. The van der Waals surface area contributed by atoms with Crippen LogP contribution in [0.3, 0.4) is 0 Å². The number of hydrogen-bond acceptors (Lipinski definition) is 6. The molecular formula is C15H28N4O4. The highest BCUT2D eigenvalue weighted by molar-refractivity contribution is 5.90. The second kappa shape index (κ2) is 10.1. The second-order valence-corrected chi connectivity index (χ2v) is 5.98. The third-order valence-electron chi connectivity index (χ3n) is 3.45. The van der Waals surface area contributed by atoms with Crippen LogP contribution in [-0.2, 0) is 19.2 Å². The highest BCUT2D eigenvalue weighted by atomic mass is 16.2. The topological polar surface area (TPSA) is 144 Å². The highest BCUT2D eigenvalue weighted by Crippen LogP contribution is 2.05. The molecule has 0 aromatic rings. The van der Waals surface area contributed by atoms with E-state index in [9.17, 15) is 19.2 Å². The third-order valence-corrected chi connectivity index (χ3v) is 3.45. The summed E-state index contributed by atoms with van der Waals surface area (Å²) in [6.07, 6.45) is 0.105. The standard InChI is InChI=1S/C15H28N4O4/c1-8(5-12(20)10(3)16)14(22)18-7-19-15(23)9(2)6-13(21)11(4)17/h8-11H,5-7,16-17H2,1-4H3,(H,18,22)(H,19,23). The summed E-state index contributed by atoms with van der Waals surface area (Å²) in [5.74, 6) is -2.14. The monoisotopic (exact) mass is 328 g/mol. The Hall–Kier alpha value is -1.80. The zero-order chi connectivity index (χ0) is 18.2. The first-order valence-electron chi connectivity index (χ1n) is 7.68. The minimum absolute atomic E-state index is 0.0523. The van der Waals surface area contributed by atoms with E-state index in [0.29, 0.717) is 0 Å². The molecule has 0 saturated heterocycles. The van der Waals surface area contributed by atoms with Gasteiger partial charge in [0.15, 0.2) is 0 Å². The molecule has 0 aliphatic heterocycles. The van der Waals surface area contributed by atoms with Crippen molar-refractivity contribution in [2.45, 2.75) is 52.6 Å². The molecule has 23 heavy (non-hydrogen) atoms. The van der Waals surface area contributed by atoms with E-state index in [4.69, 9.17) is 11.5 Å². The molecule has 2 amide bonds. The lowest BCUT2D eigenvalue weighted by Crippen LogP contribution is -2.43. The number of Topliss-reactive ketones (excluding diaryl/α,β-unsaturated/α-hetero) is 2. The molecule has 0 spiro atoms. The Morgan fingerprint density at radius 3 is 1.30 bits per heavy atom. The number of ketones is 2. The molecule has 0 rings (SSSR count). The summed E-state index contributed by atoms with van der Waals surface area (Å²) >= 11 is 0. The fraction of sp³-hybridized carbons (Fsp3) is 0.733. The van der Waals surface area contributed by atoms with Crippen LogP contribution in [0.5, 0.6) is 0 Å². The first-order chi connectivity index (χ1) is 10.6. The van der Waals surface area contributed by atoms with Gasteiger partial charge in [-0.3, -0.25) is 19.2 Å². The number of rotatable bonds is 10. The quantitative estimate of drug-likeness (QED) is 0.381. The van der Waals surface area contributed by atoms with E-state index in [1.807, 2.05) is 0 Å². The number of carbonyl (C=O) groups is 4. The molecule has 0 heterocycles. The fourth-order valence-electron chi connectivity index (χ4n) is 1.73. The minimum Gasteiger partial charge on any atom is -0.338 e. The van der Waals surface area contributed by atoms with E-state index in [1.165, 1.54) is 0 Å². The second-order valence-electron chi connectivity index (χ2n) is 5.98. The van der Waals surface area contributed by atoms with E-state index in [-0.39, 0.29) is 42.9 Å². The number of hydrogen-bond donors (Lipinski definition) is 4. The SMILES string of the molecule is CC(N)C(=O)CC(C)C(=O)NCNC(=O)C(C)CC(=O)C(C)N. The number of nitrogens with one attached hydrogen (secondary N) is 2. The average molecular weight is 328 g/mol. The maximum atomic E-state index is 11.8. The lowest BCUT2D eigenvalue weighted by atomic mass is 10.0. The molecule has 0 fully saturated rings. The van der Waals surface area contributed by atoms with Crippen LogP contribution in [0.15, 0.2) is 0 Å². The van der Waals surface area contributed by atoms with Crippen LogP contribution < -0.4 is 22.1 Å². The van der Waals surface area contributed by atoms with Gasteiger partial charge in [0.05, 0.1) is 18.8 Å². The Labute approximate surface area is 136 Å². The molecule has 4 atom stereocenters. The van der Waals surface area contributed by atoms with E-state index >= 15 is 0 Å². The van der Waals surface area contributed by atoms with Gasteiger partial charge in [-0.05, 0) is 13.8 Å². The molecular weight excluding hydrogens is 300 g/mol. The van der Waals surface area contributed by atoms with E-state index in [1.54, 1.807) is 27.7 Å². The molecule has 0 aliphatic carbocycles. The Morgan fingerprint density at radius 2 is 1.04 bits per heavy atom. The Morgan fingerprint density at radius 1 is 0.739 bits per heavy atom. The van der Waals surface area contributed by atoms with Crippen molar-refractivity contribution in [3.63, 3.8) is 0 Å². The summed E-state index contributed by atoms with van der Waals surface area (Å²) in [6.45, 7) is 6.30. The summed E-state index contributed by atoms with van der Waals surface area (Å²) in [7, 11) is 0. The minimum atomic E-state index is -0.603. The zero-order valence-electron chi connectivity index (χ0n) is 14.2. The Kier molecular flexibility index (Phi) is 9.28. The van der Waals surface area contributed by atoms with Crippen molar-refractivity contribution in [2.24, 2.45) is 23.3 Å². The van der Waals surface area contributed by atoms with Crippen LogP contribution in [0.1, 0.15) is 40.5 Å². The van der Waals surface area contributed by atoms with Gasteiger partial charge in [0, 0.05) is 24.7 Å². The van der Waals surface area contributed by atoms with E-state index in [0.717, 1.165) is 0 Å². The van der Waals surface area contributed by atoms with Crippen LogP contribution in [0, 0.1) is 11.8 Å². The summed E-state index contributed by atoms with van der Waals surface area (Å²) in [6, 6.07) is -1.21.